The van der Waals surface area contributed by atoms with Gasteiger partial charge in [0.15, 0.2) is 0 Å². The number of nitrogens with one attached hydrogen (secondary N) is 2. The molecule has 0 aliphatic carbocycles. The van der Waals surface area contributed by atoms with Gasteiger partial charge in [0, 0.05) is 18.3 Å². The maximum Gasteiger partial charge on any atom is 0.255 e. The molecule has 0 bridgehead atoms. The van der Waals surface area contributed by atoms with Crippen molar-refractivity contribution in [3.63, 3.8) is 0 Å². The van der Waals surface area contributed by atoms with Gasteiger partial charge in [0.2, 0.25) is 0 Å². The molecule has 2 N–H and O–H groups in total. The molecule has 158 valence electrons. The second kappa shape index (κ2) is 9.92. The molecule has 0 saturated carbocycles. The molecule has 5 nitrogen and oxygen atoms in total. The first-order valence-corrected chi connectivity index (χ1v) is 10.3. The molecular formula is C24H29ClN4O. The maximum absolute atomic E-state index is 13.1. The number of amides is 1. The van der Waals surface area contributed by atoms with Gasteiger partial charge in [0.1, 0.15) is 5.69 Å². The van der Waals surface area contributed by atoms with Crippen LogP contribution in [0.1, 0.15) is 34.3 Å². The van der Waals surface area contributed by atoms with E-state index in [-0.39, 0.29) is 18.3 Å². The summed E-state index contributed by atoms with van der Waals surface area (Å²) in [6.45, 7) is 6.96. The summed E-state index contributed by atoms with van der Waals surface area (Å²) in [5.41, 5.74) is 5.60. The molecule has 6 heteroatoms. The Hall–Kier alpha value is -2.63. The van der Waals surface area contributed by atoms with Crippen molar-refractivity contribution in [2.24, 2.45) is 5.92 Å². The van der Waals surface area contributed by atoms with E-state index in [9.17, 15) is 4.79 Å². The van der Waals surface area contributed by atoms with Crippen LogP contribution in [-0.2, 0) is 0 Å². The highest BCUT2D eigenvalue weighted by Gasteiger charge is 2.20. The van der Waals surface area contributed by atoms with Crippen molar-refractivity contribution < 1.29 is 4.79 Å². The van der Waals surface area contributed by atoms with Crippen LogP contribution in [0.5, 0.6) is 0 Å². The summed E-state index contributed by atoms with van der Waals surface area (Å²) < 4.78 is 1.80. The summed E-state index contributed by atoms with van der Waals surface area (Å²) in [6.07, 6.45) is 4.04. The fourth-order valence-electron chi connectivity index (χ4n) is 3.98. The van der Waals surface area contributed by atoms with E-state index in [4.69, 9.17) is 5.10 Å². The second-order valence-electron chi connectivity index (χ2n) is 7.89. The number of aryl methyl sites for hydroxylation is 2. The number of aromatic nitrogens is 2. The Labute approximate surface area is 184 Å². The first-order chi connectivity index (χ1) is 14.1. The molecule has 1 aliphatic rings. The Morgan fingerprint density at radius 3 is 2.70 bits per heavy atom. The van der Waals surface area contributed by atoms with Crippen LogP contribution in [0.3, 0.4) is 0 Å². The predicted octanol–water partition coefficient (Wildman–Crippen LogP) is 4.31. The number of halogens is 1. The number of hydrogen-bond acceptors (Lipinski definition) is 3. The molecule has 2 heterocycles. The Kier molecular flexibility index (Phi) is 7.29. The monoisotopic (exact) mass is 424 g/mol. The summed E-state index contributed by atoms with van der Waals surface area (Å²) in [7, 11) is 0. The standard InChI is InChI=1S/C24H28N4O.ClH/c1-17-8-9-21(18(2)14-17)23-22(16-28(27-23)20-6-4-3-5-7-20)24(29)26-13-11-19-10-12-25-15-19;/h3-9,14,16,19,25H,10-13,15H2,1-2H3,(H,26,29);1H. The quantitative estimate of drug-likeness (QED) is 0.620. The normalized spacial score (nSPS) is 15.6. The van der Waals surface area contributed by atoms with Crippen molar-refractivity contribution in [1.29, 1.82) is 0 Å². The maximum atomic E-state index is 13.1. The van der Waals surface area contributed by atoms with Crippen LogP contribution in [-0.4, -0.2) is 35.3 Å². The third-order valence-electron chi connectivity index (χ3n) is 5.62. The predicted molar refractivity (Wildman–Crippen MR) is 124 cm³/mol. The van der Waals surface area contributed by atoms with Gasteiger partial charge in [0.05, 0.1) is 11.3 Å². The first-order valence-electron chi connectivity index (χ1n) is 10.3. The average Bonchev–Trinajstić information content (AvgIpc) is 3.39. The van der Waals surface area contributed by atoms with E-state index in [1.54, 1.807) is 4.68 Å². The van der Waals surface area contributed by atoms with E-state index in [1.165, 1.54) is 12.0 Å². The molecule has 1 aliphatic heterocycles. The van der Waals surface area contributed by atoms with Crippen LogP contribution >= 0.6 is 12.4 Å². The number of para-hydroxylation sites is 1. The van der Waals surface area contributed by atoms with E-state index in [0.717, 1.165) is 42.0 Å². The second-order valence-corrected chi connectivity index (χ2v) is 7.89. The number of carbonyl (C=O) groups excluding carboxylic acids is 1. The molecule has 1 unspecified atom stereocenters. The zero-order chi connectivity index (χ0) is 20.2. The third kappa shape index (κ3) is 4.91. The zero-order valence-corrected chi connectivity index (χ0v) is 18.3. The number of benzene rings is 2. The van der Waals surface area contributed by atoms with Crippen LogP contribution in [0.2, 0.25) is 0 Å². The van der Waals surface area contributed by atoms with Gasteiger partial charge < -0.3 is 10.6 Å². The fraction of sp³-hybridized carbons (Fsp3) is 0.333. The third-order valence-corrected chi connectivity index (χ3v) is 5.62. The van der Waals surface area contributed by atoms with Gasteiger partial charge in [-0.15, -0.1) is 12.4 Å². The number of nitrogens with zero attached hydrogens (tertiary/aromatic N) is 2. The number of carbonyl (C=O) groups is 1. The minimum absolute atomic E-state index is 0. The molecular weight excluding hydrogens is 396 g/mol. The smallest absolute Gasteiger partial charge is 0.255 e. The largest absolute Gasteiger partial charge is 0.352 e. The average molecular weight is 425 g/mol. The summed E-state index contributed by atoms with van der Waals surface area (Å²) in [5.74, 6) is 0.592. The highest BCUT2D eigenvalue weighted by Crippen LogP contribution is 2.27. The minimum Gasteiger partial charge on any atom is -0.352 e. The van der Waals surface area contributed by atoms with Gasteiger partial charge in [-0.2, -0.15) is 5.10 Å². The van der Waals surface area contributed by atoms with Crippen LogP contribution in [0, 0.1) is 19.8 Å². The molecule has 0 spiro atoms. The Morgan fingerprint density at radius 1 is 1.20 bits per heavy atom. The van der Waals surface area contributed by atoms with Crippen molar-refractivity contribution in [2.75, 3.05) is 19.6 Å². The van der Waals surface area contributed by atoms with Gasteiger partial charge in [-0.25, -0.2) is 4.68 Å². The lowest BCUT2D eigenvalue weighted by atomic mass is 10.0. The summed E-state index contributed by atoms with van der Waals surface area (Å²) >= 11 is 0. The molecule has 1 fully saturated rings. The molecule has 1 saturated heterocycles. The molecule has 3 aromatic rings. The van der Waals surface area contributed by atoms with Crippen molar-refractivity contribution in [3.8, 4) is 16.9 Å². The van der Waals surface area contributed by atoms with Gasteiger partial charge in [0.25, 0.3) is 5.91 Å². The highest BCUT2D eigenvalue weighted by atomic mass is 35.5. The highest BCUT2D eigenvalue weighted by molar-refractivity contribution is 6.00. The van der Waals surface area contributed by atoms with E-state index >= 15 is 0 Å². The van der Waals surface area contributed by atoms with Crippen molar-refractivity contribution in [3.05, 3.63) is 71.4 Å². The number of hydrogen-bond donors (Lipinski definition) is 2. The molecule has 1 aromatic heterocycles. The fourth-order valence-corrected chi connectivity index (χ4v) is 3.98. The van der Waals surface area contributed by atoms with Crippen molar-refractivity contribution in [1.82, 2.24) is 20.4 Å². The van der Waals surface area contributed by atoms with Crippen LogP contribution in [0.25, 0.3) is 16.9 Å². The van der Waals surface area contributed by atoms with E-state index < -0.39 is 0 Å². The van der Waals surface area contributed by atoms with Crippen LogP contribution in [0.15, 0.2) is 54.7 Å². The topological polar surface area (TPSA) is 59.0 Å². The summed E-state index contributed by atoms with van der Waals surface area (Å²) in [5, 5.41) is 11.3. The van der Waals surface area contributed by atoms with Crippen LogP contribution in [0.4, 0.5) is 0 Å². The SMILES string of the molecule is Cc1ccc(-c2nn(-c3ccccc3)cc2C(=O)NCCC2CCNC2)c(C)c1.Cl. The molecule has 4 rings (SSSR count). The molecule has 1 amide bonds. The Bertz CT molecular complexity index is 994. The van der Waals surface area contributed by atoms with E-state index in [2.05, 4.69) is 42.7 Å². The molecule has 30 heavy (non-hydrogen) atoms. The van der Waals surface area contributed by atoms with Gasteiger partial charge in [-0.05, 0) is 63.4 Å². The van der Waals surface area contributed by atoms with Gasteiger partial charge >= 0.3 is 0 Å². The van der Waals surface area contributed by atoms with Crippen molar-refractivity contribution in [2.45, 2.75) is 26.7 Å². The summed E-state index contributed by atoms with van der Waals surface area (Å²) in [6, 6.07) is 16.2. The lowest BCUT2D eigenvalue weighted by Crippen LogP contribution is -2.26. The zero-order valence-electron chi connectivity index (χ0n) is 17.5. The molecule has 0 radical (unpaired) electrons. The summed E-state index contributed by atoms with van der Waals surface area (Å²) in [4.78, 5) is 13.1. The Balaban J connectivity index is 0.00000256. The molecule has 1 atom stereocenters. The Morgan fingerprint density at radius 2 is 2.00 bits per heavy atom. The van der Waals surface area contributed by atoms with Crippen LogP contribution < -0.4 is 10.6 Å². The lowest BCUT2D eigenvalue weighted by Gasteiger charge is -2.10. The lowest BCUT2D eigenvalue weighted by molar-refractivity contribution is 0.0952. The van der Waals surface area contributed by atoms with E-state index in [1.807, 2.05) is 36.5 Å². The minimum atomic E-state index is -0.0619. The van der Waals surface area contributed by atoms with Crippen molar-refractivity contribution >= 4 is 18.3 Å². The molecule has 2 aromatic carbocycles. The number of rotatable bonds is 6. The van der Waals surface area contributed by atoms with Gasteiger partial charge in [-0.1, -0.05) is 42.0 Å². The van der Waals surface area contributed by atoms with Gasteiger partial charge in [-0.3, -0.25) is 4.79 Å². The first kappa shape index (κ1) is 22.1. The van der Waals surface area contributed by atoms with E-state index in [0.29, 0.717) is 18.0 Å².